The minimum absolute atomic E-state index is 0.0469. The molecule has 184 valence electrons. The average Bonchev–Trinajstić information content (AvgIpc) is 3.52. The molecule has 3 aromatic heterocycles. The minimum atomic E-state index is -0.0469. The predicted octanol–water partition coefficient (Wildman–Crippen LogP) is 5.54. The van der Waals surface area contributed by atoms with E-state index in [4.69, 9.17) is 9.97 Å². The Kier molecular flexibility index (Phi) is 5.52. The standard InChI is InChI=1S/C29H33N7/c1-5-34-11-13-35(14-12-34)22-8-6-7-21(15-22)25-18-31-28-27(33-25)23(17-30-28)20-9-10-24-26(16-20)36(19-32-24)29(2,3)4/h6-10,15-19H,5,11-14H2,1-4H3,(H,30,31). The summed E-state index contributed by atoms with van der Waals surface area (Å²) in [7, 11) is 0. The Labute approximate surface area is 211 Å². The molecular weight excluding hydrogens is 446 g/mol. The van der Waals surface area contributed by atoms with E-state index in [2.05, 4.69) is 94.5 Å². The van der Waals surface area contributed by atoms with Gasteiger partial charge in [0.2, 0.25) is 0 Å². The number of likely N-dealkylation sites (N-methyl/N-ethyl adjacent to an activating group) is 1. The van der Waals surface area contributed by atoms with Crippen molar-refractivity contribution in [3.05, 3.63) is 61.2 Å². The molecule has 0 bridgehead atoms. The molecule has 2 aromatic carbocycles. The van der Waals surface area contributed by atoms with Gasteiger partial charge in [-0.2, -0.15) is 0 Å². The Morgan fingerprint density at radius 2 is 1.78 bits per heavy atom. The predicted molar refractivity (Wildman–Crippen MR) is 147 cm³/mol. The van der Waals surface area contributed by atoms with E-state index < -0.39 is 0 Å². The van der Waals surface area contributed by atoms with Gasteiger partial charge in [-0.05, 0) is 57.1 Å². The van der Waals surface area contributed by atoms with Gasteiger partial charge >= 0.3 is 0 Å². The van der Waals surface area contributed by atoms with Gasteiger partial charge < -0.3 is 19.4 Å². The molecule has 1 aliphatic rings. The van der Waals surface area contributed by atoms with E-state index in [0.717, 1.165) is 77.3 Å². The first-order valence-electron chi connectivity index (χ1n) is 12.8. The quantitative estimate of drug-likeness (QED) is 0.367. The zero-order valence-electron chi connectivity index (χ0n) is 21.5. The van der Waals surface area contributed by atoms with Crippen molar-refractivity contribution in [3.63, 3.8) is 0 Å². The number of aromatic nitrogens is 5. The largest absolute Gasteiger partial charge is 0.369 e. The van der Waals surface area contributed by atoms with Gasteiger partial charge in [0.25, 0.3) is 0 Å². The van der Waals surface area contributed by atoms with Crippen molar-refractivity contribution < 1.29 is 0 Å². The molecule has 5 aromatic rings. The SMILES string of the molecule is CCN1CCN(c2cccc(-c3cnc4[nH]cc(-c5ccc6ncn(C(C)(C)C)c6c5)c4n3)c2)CC1. The molecular formula is C29H33N7. The Balaban J connectivity index is 1.37. The Bertz CT molecular complexity index is 1530. The highest BCUT2D eigenvalue weighted by molar-refractivity contribution is 5.94. The molecule has 0 spiro atoms. The van der Waals surface area contributed by atoms with Crippen LogP contribution in [0.5, 0.6) is 0 Å². The molecule has 7 heteroatoms. The molecule has 1 N–H and O–H groups in total. The summed E-state index contributed by atoms with van der Waals surface area (Å²) in [6.07, 6.45) is 5.81. The molecule has 0 saturated carbocycles. The van der Waals surface area contributed by atoms with Gasteiger partial charge in [0.15, 0.2) is 5.65 Å². The van der Waals surface area contributed by atoms with Crippen LogP contribution < -0.4 is 4.90 Å². The van der Waals surface area contributed by atoms with Crippen LogP contribution in [0.25, 0.3) is 44.6 Å². The first-order chi connectivity index (χ1) is 17.4. The second kappa shape index (κ2) is 8.75. The number of aromatic amines is 1. The third kappa shape index (κ3) is 4.03. The Morgan fingerprint density at radius 3 is 2.56 bits per heavy atom. The highest BCUT2D eigenvalue weighted by atomic mass is 15.3. The lowest BCUT2D eigenvalue weighted by Crippen LogP contribution is -2.46. The van der Waals surface area contributed by atoms with Crippen LogP contribution in [0, 0.1) is 0 Å². The fraction of sp³-hybridized carbons (Fsp3) is 0.345. The summed E-state index contributed by atoms with van der Waals surface area (Å²) in [6, 6.07) is 15.1. The first-order valence-corrected chi connectivity index (χ1v) is 12.8. The number of nitrogens with one attached hydrogen (secondary N) is 1. The summed E-state index contributed by atoms with van der Waals surface area (Å²) in [4.78, 5) is 22.7. The van der Waals surface area contributed by atoms with E-state index in [1.807, 2.05) is 18.7 Å². The lowest BCUT2D eigenvalue weighted by atomic mass is 10.1. The summed E-state index contributed by atoms with van der Waals surface area (Å²) in [5.41, 5.74) is 9.14. The van der Waals surface area contributed by atoms with Gasteiger partial charge in [-0.3, -0.25) is 0 Å². The maximum Gasteiger partial charge on any atom is 0.156 e. The molecule has 4 heterocycles. The summed E-state index contributed by atoms with van der Waals surface area (Å²) in [6.45, 7) is 14.3. The molecule has 0 atom stereocenters. The molecule has 0 radical (unpaired) electrons. The van der Waals surface area contributed by atoms with E-state index in [1.54, 1.807) is 0 Å². The molecule has 0 amide bonds. The molecule has 7 nitrogen and oxygen atoms in total. The molecule has 1 aliphatic heterocycles. The van der Waals surface area contributed by atoms with E-state index in [-0.39, 0.29) is 5.54 Å². The number of hydrogen-bond donors (Lipinski definition) is 1. The summed E-state index contributed by atoms with van der Waals surface area (Å²) in [5.74, 6) is 0. The second-order valence-electron chi connectivity index (χ2n) is 10.6. The lowest BCUT2D eigenvalue weighted by Gasteiger charge is -2.35. The highest BCUT2D eigenvalue weighted by Crippen LogP contribution is 2.32. The summed E-state index contributed by atoms with van der Waals surface area (Å²) < 4.78 is 2.23. The monoisotopic (exact) mass is 479 g/mol. The van der Waals surface area contributed by atoms with Gasteiger partial charge in [-0.1, -0.05) is 25.1 Å². The number of piperazine rings is 1. The van der Waals surface area contributed by atoms with Crippen molar-refractivity contribution >= 4 is 27.9 Å². The van der Waals surface area contributed by atoms with Crippen molar-refractivity contribution in [2.75, 3.05) is 37.6 Å². The van der Waals surface area contributed by atoms with Crippen LogP contribution in [-0.2, 0) is 5.54 Å². The highest BCUT2D eigenvalue weighted by Gasteiger charge is 2.19. The van der Waals surface area contributed by atoms with E-state index in [0.29, 0.717) is 0 Å². The van der Waals surface area contributed by atoms with Crippen LogP contribution >= 0.6 is 0 Å². The molecule has 0 unspecified atom stereocenters. The maximum atomic E-state index is 5.09. The van der Waals surface area contributed by atoms with Gasteiger partial charge in [0, 0.05) is 54.7 Å². The average molecular weight is 480 g/mol. The Hall–Kier alpha value is -3.71. The van der Waals surface area contributed by atoms with Crippen molar-refractivity contribution in [1.82, 2.24) is 29.4 Å². The van der Waals surface area contributed by atoms with Gasteiger partial charge in [-0.25, -0.2) is 15.0 Å². The van der Waals surface area contributed by atoms with Crippen LogP contribution in [0.3, 0.4) is 0 Å². The second-order valence-corrected chi connectivity index (χ2v) is 10.6. The zero-order chi connectivity index (χ0) is 24.9. The zero-order valence-corrected chi connectivity index (χ0v) is 21.5. The number of rotatable bonds is 4. The maximum absolute atomic E-state index is 5.09. The van der Waals surface area contributed by atoms with Crippen LogP contribution in [0.1, 0.15) is 27.7 Å². The Morgan fingerprint density at radius 1 is 0.944 bits per heavy atom. The normalized spacial score (nSPS) is 15.3. The fourth-order valence-corrected chi connectivity index (χ4v) is 5.14. The number of anilines is 1. The summed E-state index contributed by atoms with van der Waals surface area (Å²) >= 11 is 0. The number of hydrogen-bond acceptors (Lipinski definition) is 5. The van der Waals surface area contributed by atoms with E-state index in [9.17, 15) is 0 Å². The number of imidazole rings is 1. The first kappa shape index (κ1) is 22.7. The van der Waals surface area contributed by atoms with Crippen molar-refractivity contribution in [1.29, 1.82) is 0 Å². The topological polar surface area (TPSA) is 65.9 Å². The van der Waals surface area contributed by atoms with Crippen LogP contribution in [0.4, 0.5) is 5.69 Å². The minimum Gasteiger partial charge on any atom is -0.369 e. The van der Waals surface area contributed by atoms with E-state index >= 15 is 0 Å². The van der Waals surface area contributed by atoms with E-state index in [1.165, 1.54) is 5.69 Å². The third-order valence-electron chi connectivity index (χ3n) is 7.29. The summed E-state index contributed by atoms with van der Waals surface area (Å²) in [5, 5.41) is 0. The lowest BCUT2D eigenvalue weighted by molar-refractivity contribution is 0.271. The molecule has 6 rings (SSSR count). The smallest absolute Gasteiger partial charge is 0.156 e. The fourth-order valence-electron chi connectivity index (χ4n) is 5.14. The van der Waals surface area contributed by atoms with Gasteiger partial charge in [0.05, 0.1) is 29.3 Å². The van der Waals surface area contributed by atoms with Crippen LogP contribution in [-0.4, -0.2) is 62.1 Å². The molecule has 36 heavy (non-hydrogen) atoms. The van der Waals surface area contributed by atoms with Crippen molar-refractivity contribution in [2.24, 2.45) is 0 Å². The number of fused-ring (bicyclic) bond motifs is 2. The number of H-pyrrole nitrogens is 1. The molecule has 1 saturated heterocycles. The molecule has 1 fully saturated rings. The van der Waals surface area contributed by atoms with Crippen LogP contribution in [0.2, 0.25) is 0 Å². The van der Waals surface area contributed by atoms with Crippen molar-refractivity contribution in [3.8, 4) is 22.4 Å². The van der Waals surface area contributed by atoms with Crippen LogP contribution in [0.15, 0.2) is 61.2 Å². The van der Waals surface area contributed by atoms with Crippen molar-refractivity contribution in [2.45, 2.75) is 33.2 Å². The third-order valence-corrected chi connectivity index (χ3v) is 7.29. The molecule has 0 aliphatic carbocycles. The van der Waals surface area contributed by atoms with Gasteiger partial charge in [-0.15, -0.1) is 0 Å². The van der Waals surface area contributed by atoms with Gasteiger partial charge in [0.1, 0.15) is 5.52 Å². The number of benzene rings is 2. The number of nitrogens with zero attached hydrogens (tertiary/aromatic N) is 6.